The van der Waals surface area contributed by atoms with Gasteiger partial charge in [-0.05, 0) is 58.5 Å². The zero-order valence-corrected chi connectivity index (χ0v) is 17.9. The molecule has 0 aromatic heterocycles. The van der Waals surface area contributed by atoms with Crippen LogP contribution in [0.3, 0.4) is 0 Å². The van der Waals surface area contributed by atoms with Gasteiger partial charge in [0.05, 0.1) is 6.61 Å². The molecule has 3 heterocycles. The van der Waals surface area contributed by atoms with Crippen LogP contribution in [0.15, 0.2) is 11.4 Å². The maximum absolute atomic E-state index is 9.50. The summed E-state index contributed by atoms with van der Waals surface area (Å²) in [4.78, 5) is 9.41. The molecule has 0 saturated carbocycles. The van der Waals surface area contributed by atoms with Gasteiger partial charge in [0.15, 0.2) is 5.57 Å². The van der Waals surface area contributed by atoms with Crippen molar-refractivity contribution in [3.05, 3.63) is 11.4 Å². The van der Waals surface area contributed by atoms with E-state index in [4.69, 9.17) is 0 Å². The van der Waals surface area contributed by atoms with E-state index in [-0.39, 0.29) is 12.2 Å². The zero-order valence-electron chi connectivity index (χ0n) is 17.9. The van der Waals surface area contributed by atoms with Crippen LogP contribution in [0.2, 0.25) is 0 Å². The quantitative estimate of drug-likeness (QED) is 0.589. The van der Waals surface area contributed by atoms with Crippen molar-refractivity contribution < 1.29 is 5.11 Å². The number of rotatable bonds is 9. The van der Waals surface area contributed by atoms with E-state index in [0.717, 1.165) is 77.3 Å². The topological polar surface area (TPSA) is 80.8 Å². The molecule has 3 saturated heterocycles. The van der Waals surface area contributed by atoms with Crippen molar-refractivity contribution in [2.24, 2.45) is 0 Å². The minimum atomic E-state index is 0.241. The van der Waals surface area contributed by atoms with Crippen LogP contribution in [0.1, 0.15) is 45.4 Å². The Labute approximate surface area is 175 Å². The summed E-state index contributed by atoms with van der Waals surface area (Å²) >= 11 is 0. The summed E-state index contributed by atoms with van der Waals surface area (Å²) < 4.78 is 0. The van der Waals surface area contributed by atoms with E-state index in [2.05, 4.69) is 38.7 Å². The molecule has 29 heavy (non-hydrogen) atoms. The van der Waals surface area contributed by atoms with Gasteiger partial charge in [-0.25, -0.2) is 0 Å². The van der Waals surface area contributed by atoms with Crippen LogP contribution in [0.25, 0.3) is 0 Å². The Morgan fingerprint density at radius 3 is 2.03 bits per heavy atom. The Morgan fingerprint density at radius 1 is 0.897 bits per heavy atom. The molecule has 3 fully saturated rings. The zero-order chi connectivity index (χ0) is 20.6. The van der Waals surface area contributed by atoms with E-state index in [1.807, 2.05) is 0 Å². The Balaban J connectivity index is 1.53. The van der Waals surface area contributed by atoms with Crippen molar-refractivity contribution in [3.8, 4) is 12.1 Å². The van der Waals surface area contributed by atoms with Gasteiger partial charge < -0.3 is 19.8 Å². The van der Waals surface area contributed by atoms with Crippen LogP contribution in [0, 0.1) is 22.7 Å². The highest BCUT2D eigenvalue weighted by Gasteiger charge is 2.29. The van der Waals surface area contributed by atoms with E-state index in [0.29, 0.717) is 12.1 Å². The lowest BCUT2D eigenvalue weighted by atomic mass is 10.2. The van der Waals surface area contributed by atoms with Crippen LogP contribution >= 0.6 is 0 Å². The third-order valence-corrected chi connectivity index (χ3v) is 6.83. The SMILES string of the molecule is CC1CCCN1CCCN1CCN(CCCN2CCCC2CO)C1=C(C#N)C#N. The molecule has 2 atom stereocenters. The van der Waals surface area contributed by atoms with Gasteiger partial charge in [-0.15, -0.1) is 0 Å². The van der Waals surface area contributed by atoms with Gasteiger partial charge in [0, 0.05) is 51.4 Å². The summed E-state index contributed by atoms with van der Waals surface area (Å²) in [6.07, 6.45) is 6.90. The molecule has 0 aromatic carbocycles. The molecule has 0 radical (unpaired) electrons. The first-order valence-electron chi connectivity index (χ1n) is 11.3. The summed E-state index contributed by atoms with van der Waals surface area (Å²) in [5.74, 6) is 0.838. The van der Waals surface area contributed by atoms with Gasteiger partial charge in [0.1, 0.15) is 18.0 Å². The summed E-state index contributed by atoms with van der Waals surface area (Å²) in [6, 6.07) is 5.23. The molecule has 160 valence electrons. The lowest BCUT2D eigenvalue weighted by molar-refractivity contribution is 0.154. The molecular weight excluding hydrogens is 364 g/mol. The van der Waals surface area contributed by atoms with E-state index in [1.54, 1.807) is 0 Å². The molecule has 0 amide bonds. The maximum Gasteiger partial charge on any atom is 0.169 e. The Morgan fingerprint density at radius 2 is 1.48 bits per heavy atom. The van der Waals surface area contributed by atoms with Crippen molar-refractivity contribution in [1.82, 2.24) is 19.6 Å². The maximum atomic E-state index is 9.50. The number of aliphatic hydroxyl groups is 1. The lowest BCUT2D eigenvalue weighted by Crippen LogP contribution is -2.35. The normalized spacial score (nSPS) is 25.6. The van der Waals surface area contributed by atoms with Gasteiger partial charge in [-0.2, -0.15) is 10.5 Å². The fourth-order valence-corrected chi connectivity index (χ4v) is 5.18. The third kappa shape index (κ3) is 5.42. The first-order valence-corrected chi connectivity index (χ1v) is 11.3. The third-order valence-electron chi connectivity index (χ3n) is 6.83. The van der Waals surface area contributed by atoms with Gasteiger partial charge in [-0.3, -0.25) is 4.90 Å². The lowest BCUT2D eigenvalue weighted by Gasteiger charge is -2.28. The standard InChI is InChI=1S/C22H36N6O/c1-19-6-2-8-25(19)10-4-12-27-14-15-28(22(27)20(16-23)17-24)13-5-11-26-9-3-7-21(26)18-29/h19,21,29H,2-15,18H2,1H3. The largest absolute Gasteiger partial charge is 0.395 e. The predicted molar refractivity (Wildman–Crippen MR) is 113 cm³/mol. The van der Waals surface area contributed by atoms with Gasteiger partial charge >= 0.3 is 0 Å². The fourth-order valence-electron chi connectivity index (χ4n) is 5.18. The summed E-state index contributed by atoms with van der Waals surface area (Å²) in [7, 11) is 0. The molecule has 1 N–H and O–H groups in total. The van der Waals surface area contributed by atoms with Crippen LogP contribution < -0.4 is 0 Å². The van der Waals surface area contributed by atoms with E-state index in [1.165, 1.54) is 19.4 Å². The molecule has 7 nitrogen and oxygen atoms in total. The second-order valence-electron chi connectivity index (χ2n) is 8.65. The Kier molecular flexibility index (Phi) is 8.18. The second kappa shape index (κ2) is 10.8. The number of likely N-dealkylation sites (tertiary alicyclic amines) is 2. The van der Waals surface area contributed by atoms with Crippen molar-refractivity contribution in [1.29, 1.82) is 10.5 Å². The summed E-state index contributed by atoms with van der Waals surface area (Å²) in [5, 5.41) is 28.5. The summed E-state index contributed by atoms with van der Waals surface area (Å²) in [5.41, 5.74) is 0.242. The summed E-state index contributed by atoms with van der Waals surface area (Å²) in [6.45, 7) is 10.4. The highest BCUT2D eigenvalue weighted by Crippen LogP contribution is 2.24. The van der Waals surface area contributed by atoms with Gasteiger partial charge in [-0.1, -0.05) is 0 Å². The number of nitriles is 2. The van der Waals surface area contributed by atoms with Crippen LogP contribution in [0.4, 0.5) is 0 Å². The number of hydrogen-bond acceptors (Lipinski definition) is 7. The molecule has 0 bridgehead atoms. The Bertz CT molecular complexity index is 635. The average Bonchev–Trinajstić information content (AvgIpc) is 3.45. The Hall–Kier alpha value is -1.80. The van der Waals surface area contributed by atoms with E-state index < -0.39 is 0 Å². The fraction of sp³-hybridized carbons (Fsp3) is 0.818. The predicted octanol–water partition coefficient (Wildman–Crippen LogP) is 1.58. The second-order valence-corrected chi connectivity index (χ2v) is 8.65. The minimum Gasteiger partial charge on any atom is -0.395 e. The smallest absolute Gasteiger partial charge is 0.169 e. The number of hydrogen-bond donors (Lipinski definition) is 1. The number of allylic oxidation sites excluding steroid dienone is 1. The molecule has 2 unspecified atom stereocenters. The minimum absolute atomic E-state index is 0.241. The van der Waals surface area contributed by atoms with Gasteiger partial charge in [0.2, 0.25) is 0 Å². The molecule has 3 aliphatic rings. The van der Waals surface area contributed by atoms with E-state index >= 15 is 0 Å². The van der Waals surface area contributed by atoms with Gasteiger partial charge in [0.25, 0.3) is 0 Å². The molecule has 3 rings (SSSR count). The van der Waals surface area contributed by atoms with Crippen molar-refractivity contribution in [2.45, 2.75) is 57.5 Å². The van der Waals surface area contributed by atoms with Crippen molar-refractivity contribution >= 4 is 0 Å². The molecule has 0 aromatic rings. The molecule has 3 aliphatic heterocycles. The highest BCUT2D eigenvalue weighted by atomic mass is 16.3. The first-order chi connectivity index (χ1) is 14.2. The molecule has 7 heteroatoms. The van der Waals surface area contributed by atoms with Crippen LogP contribution in [-0.4, -0.2) is 95.8 Å². The highest BCUT2D eigenvalue weighted by molar-refractivity contribution is 5.40. The number of nitrogens with zero attached hydrogens (tertiary/aromatic N) is 6. The molecular formula is C22H36N6O. The monoisotopic (exact) mass is 400 g/mol. The van der Waals surface area contributed by atoms with Crippen LogP contribution in [0.5, 0.6) is 0 Å². The molecule has 0 spiro atoms. The molecule has 0 aliphatic carbocycles. The van der Waals surface area contributed by atoms with E-state index in [9.17, 15) is 15.6 Å². The van der Waals surface area contributed by atoms with Crippen molar-refractivity contribution in [2.75, 3.05) is 59.0 Å². The van der Waals surface area contributed by atoms with Crippen LogP contribution in [-0.2, 0) is 0 Å². The number of aliphatic hydroxyl groups excluding tert-OH is 1. The van der Waals surface area contributed by atoms with Crippen molar-refractivity contribution in [3.63, 3.8) is 0 Å². The first kappa shape index (κ1) is 21.9. The average molecular weight is 401 g/mol.